The summed E-state index contributed by atoms with van der Waals surface area (Å²) in [4.78, 5) is 6.74. The lowest BCUT2D eigenvalue weighted by molar-refractivity contribution is 1.22. The molecule has 0 spiro atoms. The number of hydrogen-bond acceptors (Lipinski definition) is 2. The van der Waals surface area contributed by atoms with Crippen molar-refractivity contribution in [1.29, 1.82) is 0 Å². The summed E-state index contributed by atoms with van der Waals surface area (Å²) < 4.78 is 0. The monoisotopic (exact) mass is 210 g/mol. The summed E-state index contributed by atoms with van der Waals surface area (Å²) in [5.74, 6) is 0. The molecule has 1 aromatic heterocycles. The quantitative estimate of drug-likeness (QED) is 0.434. The fraction of sp³-hybridized carbons (Fsp3) is 0.0833. The molecule has 0 N–H and O–H groups in total. The maximum absolute atomic E-state index is 8.12. The number of aromatic nitrogens is 1. The zero-order valence-corrected chi connectivity index (χ0v) is 8.61. The molecule has 4 nitrogen and oxygen atoms in total. The summed E-state index contributed by atoms with van der Waals surface area (Å²) in [5, 5.41) is 5.71. The summed E-state index contributed by atoms with van der Waals surface area (Å²) in [7, 11) is 0. The molecule has 0 saturated heterocycles. The molecule has 4 heteroatoms. The zero-order chi connectivity index (χ0) is 11.2. The fourth-order valence-corrected chi connectivity index (χ4v) is 1.48. The van der Waals surface area contributed by atoms with Crippen LogP contribution >= 0.6 is 0 Å². The van der Waals surface area contributed by atoms with Crippen LogP contribution in [0.15, 0.2) is 47.8 Å². The van der Waals surface area contributed by atoms with Crippen LogP contribution in [0.4, 0.5) is 0 Å². The zero-order valence-electron chi connectivity index (χ0n) is 8.61. The smallest absolute Gasteiger partial charge is 0.0443 e. The number of rotatable bonds is 3. The largest absolute Gasteiger partial charge is 0.264 e. The second-order valence-electron chi connectivity index (χ2n) is 3.30. The molecule has 0 atom stereocenters. The second kappa shape index (κ2) is 4.96. The van der Waals surface area contributed by atoms with E-state index in [9.17, 15) is 0 Å². The van der Waals surface area contributed by atoms with Crippen LogP contribution in [0, 0.1) is 0 Å². The number of azide groups is 1. The van der Waals surface area contributed by atoms with E-state index in [1.807, 2.05) is 36.5 Å². The molecule has 78 valence electrons. The minimum absolute atomic E-state index is 0.380. The highest BCUT2D eigenvalue weighted by molar-refractivity contribution is 5.83. The van der Waals surface area contributed by atoms with E-state index < -0.39 is 0 Å². The third-order valence-electron chi connectivity index (χ3n) is 2.23. The van der Waals surface area contributed by atoms with Crippen LogP contribution in [0.3, 0.4) is 0 Å². The van der Waals surface area contributed by atoms with Gasteiger partial charge in [-0.05, 0) is 28.6 Å². The molecule has 0 fully saturated rings. The number of pyridine rings is 1. The van der Waals surface area contributed by atoms with E-state index >= 15 is 0 Å². The van der Waals surface area contributed by atoms with E-state index in [2.05, 4.69) is 21.1 Å². The van der Waals surface area contributed by atoms with Crippen LogP contribution in [0.5, 0.6) is 0 Å². The molecular weight excluding hydrogens is 200 g/mol. The van der Waals surface area contributed by atoms with Gasteiger partial charge in [-0.3, -0.25) is 4.98 Å². The van der Waals surface area contributed by atoms with Crippen LogP contribution in [-0.4, -0.2) is 11.5 Å². The molecule has 1 heterocycles. The van der Waals surface area contributed by atoms with Crippen LogP contribution in [0.1, 0.15) is 5.56 Å². The number of benzene rings is 1. The molecule has 0 aliphatic carbocycles. The Hall–Kier alpha value is -2.32. The summed E-state index contributed by atoms with van der Waals surface area (Å²) in [6, 6.07) is 8.08. The molecule has 0 saturated carbocycles. The van der Waals surface area contributed by atoms with Gasteiger partial charge in [0.1, 0.15) is 0 Å². The van der Waals surface area contributed by atoms with Gasteiger partial charge in [-0.25, -0.2) is 0 Å². The third kappa shape index (κ3) is 2.38. The first-order valence-corrected chi connectivity index (χ1v) is 4.91. The van der Waals surface area contributed by atoms with Crippen molar-refractivity contribution >= 4 is 16.8 Å². The molecule has 1 aromatic carbocycles. The van der Waals surface area contributed by atoms with Crippen molar-refractivity contribution < 1.29 is 0 Å². The Morgan fingerprint density at radius 3 is 3.12 bits per heavy atom. The first-order chi connectivity index (χ1) is 7.90. The van der Waals surface area contributed by atoms with Crippen molar-refractivity contribution in [2.75, 3.05) is 6.54 Å². The second-order valence-corrected chi connectivity index (χ2v) is 3.30. The van der Waals surface area contributed by atoms with Crippen molar-refractivity contribution in [2.24, 2.45) is 5.11 Å². The summed E-state index contributed by atoms with van der Waals surface area (Å²) in [6.45, 7) is 0.380. The lowest BCUT2D eigenvalue weighted by Gasteiger charge is -1.98. The number of fused-ring (bicyclic) bond motifs is 1. The normalized spacial score (nSPS) is 10.5. The Morgan fingerprint density at radius 2 is 2.25 bits per heavy atom. The van der Waals surface area contributed by atoms with Crippen LogP contribution in [0.25, 0.3) is 27.3 Å². The number of nitrogens with zero attached hydrogens (tertiary/aromatic N) is 4. The fourth-order valence-electron chi connectivity index (χ4n) is 1.48. The molecule has 0 radical (unpaired) electrons. The van der Waals surface area contributed by atoms with Crippen LogP contribution < -0.4 is 0 Å². The Kier molecular flexibility index (Phi) is 3.16. The lowest BCUT2D eigenvalue weighted by atomic mass is 10.1. The Labute approximate surface area is 92.9 Å². The van der Waals surface area contributed by atoms with Crippen molar-refractivity contribution in [3.63, 3.8) is 0 Å². The minimum Gasteiger partial charge on any atom is -0.264 e. The van der Waals surface area contributed by atoms with E-state index in [-0.39, 0.29) is 0 Å². The summed E-state index contributed by atoms with van der Waals surface area (Å²) in [5.41, 5.74) is 9.21. The van der Waals surface area contributed by atoms with Crippen molar-refractivity contribution in [3.8, 4) is 0 Å². The standard InChI is InChI=1S/C12H10N4/c13-16-15-6-1-2-10-3-4-12-9-14-7-5-11(12)8-10/h1-5,7-9H,6H2. The highest BCUT2D eigenvalue weighted by Gasteiger charge is 1.92. The van der Waals surface area contributed by atoms with Gasteiger partial charge in [-0.2, -0.15) is 0 Å². The van der Waals surface area contributed by atoms with E-state index in [1.54, 1.807) is 6.20 Å². The van der Waals surface area contributed by atoms with Crippen molar-refractivity contribution in [2.45, 2.75) is 0 Å². The summed E-state index contributed by atoms with van der Waals surface area (Å²) >= 11 is 0. The minimum atomic E-state index is 0.380. The van der Waals surface area contributed by atoms with Gasteiger partial charge in [0.2, 0.25) is 0 Å². The molecule has 0 amide bonds. The predicted molar refractivity (Wildman–Crippen MR) is 64.8 cm³/mol. The average Bonchev–Trinajstić information content (AvgIpc) is 2.34. The van der Waals surface area contributed by atoms with E-state index in [4.69, 9.17) is 5.53 Å². The highest BCUT2D eigenvalue weighted by Crippen LogP contribution is 2.15. The van der Waals surface area contributed by atoms with E-state index in [1.165, 1.54) is 0 Å². The Balaban J connectivity index is 2.25. The maximum Gasteiger partial charge on any atom is 0.0443 e. The predicted octanol–water partition coefficient (Wildman–Crippen LogP) is 3.56. The van der Waals surface area contributed by atoms with Gasteiger partial charge in [0.25, 0.3) is 0 Å². The topological polar surface area (TPSA) is 61.7 Å². The maximum atomic E-state index is 8.12. The van der Waals surface area contributed by atoms with Gasteiger partial charge in [-0.1, -0.05) is 29.4 Å². The molecular formula is C12H10N4. The highest BCUT2D eigenvalue weighted by atomic mass is 15.1. The van der Waals surface area contributed by atoms with Gasteiger partial charge >= 0.3 is 0 Å². The SMILES string of the molecule is [N-]=[N+]=NCC=Cc1ccc2cnccc2c1. The molecule has 2 rings (SSSR count). The molecule has 2 aromatic rings. The molecule has 0 bridgehead atoms. The molecule has 0 aliphatic heterocycles. The number of hydrogen-bond donors (Lipinski definition) is 0. The summed E-state index contributed by atoms with van der Waals surface area (Å²) in [6.07, 6.45) is 7.38. The Bertz CT molecular complexity index is 568. The van der Waals surface area contributed by atoms with Gasteiger partial charge in [0.15, 0.2) is 0 Å². The van der Waals surface area contributed by atoms with Crippen molar-refractivity contribution in [1.82, 2.24) is 4.98 Å². The molecule has 16 heavy (non-hydrogen) atoms. The van der Waals surface area contributed by atoms with Crippen LogP contribution in [-0.2, 0) is 0 Å². The molecule has 0 aliphatic rings. The molecule has 0 unspecified atom stereocenters. The van der Waals surface area contributed by atoms with Gasteiger partial charge in [-0.15, -0.1) is 0 Å². The third-order valence-corrected chi connectivity index (χ3v) is 2.23. The van der Waals surface area contributed by atoms with E-state index in [0.29, 0.717) is 6.54 Å². The first-order valence-electron chi connectivity index (χ1n) is 4.91. The average molecular weight is 210 g/mol. The van der Waals surface area contributed by atoms with Crippen LogP contribution in [0.2, 0.25) is 0 Å². The van der Waals surface area contributed by atoms with Gasteiger partial charge < -0.3 is 0 Å². The van der Waals surface area contributed by atoms with E-state index in [0.717, 1.165) is 16.3 Å². The Morgan fingerprint density at radius 1 is 1.31 bits per heavy atom. The first kappa shape index (κ1) is 10.2. The van der Waals surface area contributed by atoms with Gasteiger partial charge in [0.05, 0.1) is 0 Å². The lowest BCUT2D eigenvalue weighted by Crippen LogP contribution is -1.77. The van der Waals surface area contributed by atoms with Gasteiger partial charge in [0, 0.05) is 29.2 Å². The van der Waals surface area contributed by atoms with Crippen molar-refractivity contribution in [3.05, 3.63) is 58.7 Å².